The van der Waals surface area contributed by atoms with Crippen LogP contribution in [0.5, 0.6) is 0 Å². The van der Waals surface area contributed by atoms with Gasteiger partial charge in [0.1, 0.15) is 0 Å². The highest BCUT2D eigenvalue weighted by molar-refractivity contribution is 7.89. The van der Waals surface area contributed by atoms with Crippen LogP contribution in [0.25, 0.3) is 0 Å². The summed E-state index contributed by atoms with van der Waals surface area (Å²) < 4.78 is 27.8. The van der Waals surface area contributed by atoms with E-state index < -0.39 is 10.0 Å². The SMILES string of the molecule is Cc1ccc(S(=O)(=O)N2CCNCC2c2cccnc2)cc1C. The highest BCUT2D eigenvalue weighted by atomic mass is 32.2. The van der Waals surface area contributed by atoms with Crippen molar-refractivity contribution in [3.63, 3.8) is 0 Å². The summed E-state index contributed by atoms with van der Waals surface area (Å²) in [6.07, 6.45) is 3.43. The molecule has 1 aliphatic rings. The molecule has 1 aromatic heterocycles. The number of hydrogen-bond acceptors (Lipinski definition) is 4. The van der Waals surface area contributed by atoms with E-state index >= 15 is 0 Å². The van der Waals surface area contributed by atoms with E-state index in [-0.39, 0.29) is 6.04 Å². The zero-order valence-electron chi connectivity index (χ0n) is 13.4. The molecule has 5 nitrogen and oxygen atoms in total. The number of sulfonamides is 1. The van der Waals surface area contributed by atoms with E-state index in [1.54, 1.807) is 28.8 Å². The van der Waals surface area contributed by atoms with Gasteiger partial charge in [0, 0.05) is 32.0 Å². The smallest absolute Gasteiger partial charge is 0.243 e. The summed E-state index contributed by atoms with van der Waals surface area (Å²) in [4.78, 5) is 4.48. The first-order valence-corrected chi connectivity index (χ1v) is 9.14. The molecule has 1 aliphatic heterocycles. The van der Waals surface area contributed by atoms with Crippen molar-refractivity contribution in [3.05, 3.63) is 59.4 Å². The maximum Gasteiger partial charge on any atom is 0.243 e. The van der Waals surface area contributed by atoms with Crippen molar-refractivity contribution in [1.82, 2.24) is 14.6 Å². The lowest BCUT2D eigenvalue weighted by Gasteiger charge is -2.35. The maximum absolute atomic E-state index is 13.1. The van der Waals surface area contributed by atoms with Crippen LogP contribution in [-0.4, -0.2) is 37.3 Å². The van der Waals surface area contributed by atoms with E-state index in [4.69, 9.17) is 0 Å². The first kappa shape index (κ1) is 16.1. The van der Waals surface area contributed by atoms with Gasteiger partial charge in [-0.1, -0.05) is 12.1 Å². The number of nitrogens with zero attached hydrogens (tertiary/aromatic N) is 2. The molecule has 0 radical (unpaired) electrons. The highest BCUT2D eigenvalue weighted by Crippen LogP contribution is 2.29. The van der Waals surface area contributed by atoms with Crippen molar-refractivity contribution in [2.24, 2.45) is 0 Å². The van der Waals surface area contributed by atoms with Gasteiger partial charge in [-0.2, -0.15) is 4.31 Å². The Morgan fingerprint density at radius 1 is 1.22 bits per heavy atom. The monoisotopic (exact) mass is 331 g/mol. The third kappa shape index (κ3) is 3.15. The fourth-order valence-corrected chi connectivity index (χ4v) is 4.54. The number of hydrogen-bond donors (Lipinski definition) is 1. The minimum Gasteiger partial charge on any atom is -0.313 e. The van der Waals surface area contributed by atoms with Crippen LogP contribution >= 0.6 is 0 Å². The molecule has 0 saturated carbocycles. The Bertz CT molecular complexity index is 791. The Morgan fingerprint density at radius 2 is 2.04 bits per heavy atom. The third-order valence-electron chi connectivity index (χ3n) is 4.35. The number of piperazine rings is 1. The first-order chi connectivity index (χ1) is 11.0. The van der Waals surface area contributed by atoms with Crippen molar-refractivity contribution in [2.75, 3.05) is 19.6 Å². The molecule has 1 fully saturated rings. The van der Waals surface area contributed by atoms with Gasteiger partial charge in [0.15, 0.2) is 0 Å². The fraction of sp³-hybridized carbons (Fsp3) is 0.353. The molecule has 1 atom stereocenters. The number of aryl methyl sites for hydroxylation is 2. The summed E-state index contributed by atoms with van der Waals surface area (Å²) in [6.45, 7) is 5.62. The van der Waals surface area contributed by atoms with E-state index in [1.165, 1.54) is 0 Å². The van der Waals surface area contributed by atoms with Crippen LogP contribution in [-0.2, 0) is 10.0 Å². The van der Waals surface area contributed by atoms with Crippen molar-refractivity contribution in [3.8, 4) is 0 Å². The van der Waals surface area contributed by atoms with E-state index in [1.807, 2.05) is 32.0 Å². The van der Waals surface area contributed by atoms with Crippen molar-refractivity contribution in [1.29, 1.82) is 0 Å². The van der Waals surface area contributed by atoms with E-state index in [0.29, 0.717) is 24.5 Å². The van der Waals surface area contributed by atoms with Gasteiger partial charge in [-0.05, 0) is 48.7 Å². The summed E-state index contributed by atoms with van der Waals surface area (Å²) in [7, 11) is -3.53. The molecule has 0 aliphatic carbocycles. The summed E-state index contributed by atoms with van der Waals surface area (Å²) in [5.41, 5.74) is 2.99. The van der Waals surface area contributed by atoms with Crippen molar-refractivity contribution < 1.29 is 8.42 Å². The van der Waals surface area contributed by atoms with Crippen LogP contribution in [0.2, 0.25) is 0 Å². The van der Waals surface area contributed by atoms with Gasteiger partial charge in [0.05, 0.1) is 10.9 Å². The molecular weight excluding hydrogens is 310 g/mol. The van der Waals surface area contributed by atoms with Gasteiger partial charge < -0.3 is 5.32 Å². The lowest BCUT2D eigenvalue weighted by Crippen LogP contribution is -2.48. The minimum atomic E-state index is -3.53. The van der Waals surface area contributed by atoms with Crippen LogP contribution < -0.4 is 5.32 Å². The summed E-state index contributed by atoms with van der Waals surface area (Å²) >= 11 is 0. The second-order valence-corrected chi connectivity index (χ2v) is 7.76. The number of nitrogens with one attached hydrogen (secondary N) is 1. The molecule has 2 aromatic rings. The molecule has 3 rings (SSSR count). The number of aromatic nitrogens is 1. The van der Waals surface area contributed by atoms with E-state index in [0.717, 1.165) is 16.7 Å². The largest absolute Gasteiger partial charge is 0.313 e. The van der Waals surface area contributed by atoms with Gasteiger partial charge in [0.2, 0.25) is 10.0 Å². The molecule has 23 heavy (non-hydrogen) atoms. The molecule has 0 amide bonds. The Labute approximate surface area is 137 Å². The maximum atomic E-state index is 13.1. The van der Waals surface area contributed by atoms with Gasteiger partial charge in [0.25, 0.3) is 0 Å². The third-order valence-corrected chi connectivity index (χ3v) is 6.25. The zero-order valence-corrected chi connectivity index (χ0v) is 14.2. The highest BCUT2D eigenvalue weighted by Gasteiger charge is 2.34. The Hall–Kier alpha value is -1.76. The minimum absolute atomic E-state index is 0.232. The molecular formula is C17H21N3O2S. The second-order valence-electron chi connectivity index (χ2n) is 5.87. The van der Waals surface area contributed by atoms with Crippen molar-refractivity contribution in [2.45, 2.75) is 24.8 Å². The van der Waals surface area contributed by atoms with Crippen LogP contribution in [0.1, 0.15) is 22.7 Å². The Balaban J connectivity index is 2.00. The van der Waals surface area contributed by atoms with Crippen LogP contribution in [0.3, 0.4) is 0 Å². The fourth-order valence-electron chi connectivity index (χ4n) is 2.84. The van der Waals surface area contributed by atoms with Crippen LogP contribution in [0.4, 0.5) is 0 Å². The topological polar surface area (TPSA) is 62.3 Å². The standard InChI is InChI=1S/C17H21N3O2S/c1-13-5-6-16(10-14(13)2)23(21,22)20-9-8-19-12-17(20)15-4-3-7-18-11-15/h3-7,10-11,17,19H,8-9,12H2,1-2H3. The van der Waals surface area contributed by atoms with E-state index in [9.17, 15) is 8.42 Å². The first-order valence-electron chi connectivity index (χ1n) is 7.70. The predicted octanol–water partition coefficient (Wildman–Crippen LogP) is 2.03. The molecule has 1 unspecified atom stereocenters. The quantitative estimate of drug-likeness (QED) is 0.935. The number of rotatable bonds is 3. The molecule has 1 aromatic carbocycles. The molecule has 0 spiro atoms. The van der Waals surface area contributed by atoms with Crippen LogP contribution in [0.15, 0.2) is 47.6 Å². The number of pyridine rings is 1. The lowest BCUT2D eigenvalue weighted by molar-refractivity contribution is 0.271. The normalized spacial score (nSPS) is 19.7. The average Bonchev–Trinajstić information content (AvgIpc) is 2.58. The zero-order chi connectivity index (χ0) is 16.4. The van der Waals surface area contributed by atoms with Gasteiger partial charge in [-0.15, -0.1) is 0 Å². The molecule has 1 N–H and O–H groups in total. The second kappa shape index (κ2) is 6.39. The summed E-state index contributed by atoms with van der Waals surface area (Å²) in [5.74, 6) is 0. The van der Waals surface area contributed by atoms with Gasteiger partial charge in [-0.25, -0.2) is 8.42 Å². The average molecular weight is 331 g/mol. The Kier molecular flexibility index (Phi) is 4.48. The van der Waals surface area contributed by atoms with Gasteiger partial charge in [-0.3, -0.25) is 4.98 Å². The van der Waals surface area contributed by atoms with Crippen LogP contribution in [0, 0.1) is 13.8 Å². The predicted molar refractivity (Wildman–Crippen MR) is 89.7 cm³/mol. The lowest BCUT2D eigenvalue weighted by atomic mass is 10.1. The molecule has 2 heterocycles. The van der Waals surface area contributed by atoms with Crippen molar-refractivity contribution >= 4 is 10.0 Å². The van der Waals surface area contributed by atoms with E-state index in [2.05, 4.69) is 10.3 Å². The molecule has 6 heteroatoms. The summed E-state index contributed by atoms with van der Waals surface area (Å²) in [6, 6.07) is 8.85. The Morgan fingerprint density at radius 3 is 2.74 bits per heavy atom. The number of benzene rings is 1. The molecule has 122 valence electrons. The molecule has 1 saturated heterocycles. The van der Waals surface area contributed by atoms with Gasteiger partial charge >= 0.3 is 0 Å². The molecule has 0 bridgehead atoms. The summed E-state index contributed by atoms with van der Waals surface area (Å²) in [5, 5.41) is 3.27.